The summed E-state index contributed by atoms with van der Waals surface area (Å²) in [5, 5.41) is 3.31. The minimum Gasteiger partial charge on any atom is -0.496 e. The zero-order valence-corrected chi connectivity index (χ0v) is 13.3. The van der Waals surface area contributed by atoms with Crippen LogP contribution in [-0.4, -0.2) is 23.0 Å². The highest BCUT2D eigenvalue weighted by atomic mass is 19.1. The highest BCUT2D eigenvalue weighted by Gasteiger charge is 2.15. The van der Waals surface area contributed by atoms with E-state index in [1.54, 1.807) is 13.1 Å². The van der Waals surface area contributed by atoms with E-state index in [1.807, 2.05) is 18.2 Å². The average molecular weight is 325 g/mol. The maximum atomic E-state index is 13.6. The van der Waals surface area contributed by atoms with Gasteiger partial charge in [0.1, 0.15) is 17.3 Å². The second kappa shape index (κ2) is 6.62. The Morgan fingerprint density at radius 2 is 2.12 bits per heavy atom. The molecule has 0 aliphatic rings. The highest BCUT2D eigenvalue weighted by molar-refractivity contribution is 5.97. The summed E-state index contributed by atoms with van der Waals surface area (Å²) in [6.45, 7) is 2.04. The van der Waals surface area contributed by atoms with Gasteiger partial charge >= 0.3 is 0 Å². The van der Waals surface area contributed by atoms with E-state index in [-0.39, 0.29) is 17.4 Å². The number of ether oxygens (including phenoxy) is 1. The van der Waals surface area contributed by atoms with E-state index >= 15 is 0 Å². The smallest absolute Gasteiger partial charge is 0.270 e. The SMILES string of the molecule is COc1cc(C(=O)NCc2ccccn2)nc2c(C)cc(F)cc12. The summed E-state index contributed by atoms with van der Waals surface area (Å²) >= 11 is 0. The number of carbonyl (C=O) groups is 1. The average Bonchev–Trinajstić information content (AvgIpc) is 2.59. The summed E-state index contributed by atoms with van der Waals surface area (Å²) in [6, 6.07) is 9.72. The van der Waals surface area contributed by atoms with Crippen molar-refractivity contribution in [1.29, 1.82) is 0 Å². The van der Waals surface area contributed by atoms with Crippen LogP contribution in [0.15, 0.2) is 42.6 Å². The van der Waals surface area contributed by atoms with Crippen LogP contribution in [0.25, 0.3) is 10.9 Å². The lowest BCUT2D eigenvalue weighted by Crippen LogP contribution is -2.24. The summed E-state index contributed by atoms with van der Waals surface area (Å²) in [5.74, 6) is -0.303. The first-order valence-corrected chi connectivity index (χ1v) is 7.41. The number of methoxy groups -OCH3 is 1. The standard InChI is InChI=1S/C18H16FN3O2/c1-11-7-12(19)8-14-16(24-2)9-15(22-17(11)14)18(23)21-10-13-5-3-4-6-20-13/h3-9H,10H2,1-2H3,(H,21,23). The first-order chi connectivity index (χ1) is 11.6. The van der Waals surface area contributed by atoms with Crippen molar-refractivity contribution in [3.8, 4) is 5.75 Å². The molecule has 0 radical (unpaired) electrons. The van der Waals surface area contributed by atoms with Crippen molar-refractivity contribution < 1.29 is 13.9 Å². The number of fused-ring (bicyclic) bond motifs is 1. The molecule has 5 nitrogen and oxygen atoms in total. The van der Waals surface area contributed by atoms with Gasteiger partial charge in [-0.1, -0.05) is 6.07 Å². The van der Waals surface area contributed by atoms with Crippen LogP contribution in [0.4, 0.5) is 4.39 Å². The number of carbonyl (C=O) groups excluding carboxylic acids is 1. The topological polar surface area (TPSA) is 64.1 Å². The molecule has 2 aromatic heterocycles. The second-order valence-electron chi connectivity index (χ2n) is 5.33. The fourth-order valence-corrected chi connectivity index (χ4v) is 2.48. The van der Waals surface area contributed by atoms with E-state index in [4.69, 9.17) is 4.74 Å². The van der Waals surface area contributed by atoms with Crippen LogP contribution in [0.5, 0.6) is 5.75 Å². The van der Waals surface area contributed by atoms with Crippen molar-refractivity contribution in [1.82, 2.24) is 15.3 Å². The maximum absolute atomic E-state index is 13.6. The summed E-state index contributed by atoms with van der Waals surface area (Å²) in [4.78, 5) is 20.9. The Labute approximate surface area is 138 Å². The van der Waals surface area contributed by atoms with Gasteiger partial charge in [-0.15, -0.1) is 0 Å². The molecule has 6 heteroatoms. The molecule has 0 saturated carbocycles. The molecular formula is C18H16FN3O2. The molecule has 3 rings (SSSR count). The predicted molar refractivity (Wildman–Crippen MR) is 88.4 cm³/mol. The molecule has 24 heavy (non-hydrogen) atoms. The van der Waals surface area contributed by atoms with Gasteiger partial charge in [0, 0.05) is 17.6 Å². The molecule has 0 aliphatic carbocycles. The fraction of sp³-hybridized carbons (Fsp3) is 0.167. The third-order valence-corrected chi connectivity index (χ3v) is 3.64. The summed E-state index contributed by atoms with van der Waals surface area (Å²) in [7, 11) is 1.48. The predicted octanol–water partition coefficient (Wildman–Crippen LogP) is 3.02. The lowest BCUT2D eigenvalue weighted by molar-refractivity contribution is 0.0945. The van der Waals surface area contributed by atoms with E-state index in [9.17, 15) is 9.18 Å². The second-order valence-corrected chi connectivity index (χ2v) is 5.33. The molecule has 0 unspecified atom stereocenters. The minimum atomic E-state index is -0.368. The molecule has 2 heterocycles. The lowest BCUT2D eigenvalue weighted by Gasteiger charge is -2.11. The molecule has 122 valence electrons. The van der Waals surface area contributed by atoms with Crippen molar-refractivity contribution in [2.75, 3.05) is 7.11 Å². The van der Waals surface area contributed by atoms with E-state index in [0.29, 0.717) is 28.8 Å². The number of nitrogens with zero attached hydrogens (tertiary/aromatic N) is 2. The molecule has 0 fully saturated rings. The fourth-order valence-electron chi connectivity index (χ4n) is 2.48. The molecule has 0 aliphatic heterocycles. The van der Waals surface area contributed by atoms with Crippen molar-refractivity contribution in [3.63, 3.8) is 0 Å². The van der Waals surface area contributed by atoms with Gasteiger partial charge in [-0.2, -0.15) is 0 Å². The van der Waals surface area contributed by atoms with E-state index < -0.39 is 0 Å². The van der Waals surface area contributed by atoms with Crippen molar-refractivity contribution in [2.24, 2.45) is 0 Å². The molecule has 0 atom stereocenters. The van der Waals surface area contributed by atoms with Gasteiger partial charge in [-0.3, -0.25) is 9.78 Å². The third kappa shape index (κ3) is 3.17. The summed E-state index contributed by atoms with van der Waals surface area (Å²) in [5.41, 5.74) is 2.14. The number of aromatic nitrogens is 2. The third-order valence-electron chi connectivity index (χ3n) is 3.64. The van der Waals surface area contributed by atoms with Crippen LogP contribution in [0.3, 0.4) is 0 Å². The Bertz CT molecular complexity index is 898. The molecule has 1 amide bonds. The molecule has 3 aromatic rings. The van der Waals surface area contributed by atoms with E-state index in [1.165, 1.54) is 25.3 Å². The zero-order valence-electron chi connectivity index (χ0n) is 13.3. The van der Waals surface area contributed by atoms with Crippen LogP contribution >= 0.6 is 0 Å². The molecule has 0 spiro atoms. The molecule has 0 saturated heterocycles. The van der Waals surface area contributed by atoms with Crippen LogP contribution in [0.2, 0.25) is 0 Å². The van der Waals surface area contributed by atoms with Gasteiger partial charge in [0.15, 0.2) is 0 Å². The Balaban J connectivity index is 1.93. The van der Waals surface area contributed by atoms with Gasteiger partial charge in [-0.05, 0) is 36.8 Å². The van der Waals surface area contributed by atoms with E-state index in [0.717, 1.165) is 5.69 Å². The number of benzene rings is 1. The Kier molecular flexibility index (Phi) is 4.37. The van der Waals surface area contributed by atoms with Crippen LogP contribution in [0, 0.1) is 12.7 Å². The number of halogens is 1. The Morgan fingerprint density at radius 1 is 1.29 bits per heavy atom. The van der Waals surface area contributed by atoms with Crippen molar-refractivity contribution in [2.45, 2.75) is 13.5 Å². The van der Waals surface area contributed by atoms with Crippen molar-refractivity contribution >= 4 is 16.8 Å². The molecule has 1 N–H and O–H groups in total. The minimum absolute atomic E-state index is 0.213. The van der Waals surface area contributed by atoms with Crippen LogP contribution in [-0.2, 0) is 6.54 Å². The molecular weight excluding hydrogens is 309 g/mol. The summed E-state index contributed by atoms with van der Waals surface area (Å²) in [6.07, 6.45) is 1.66. The normalized spacial score (nSPS) is 10.6. The number of nitrogens with one attached hydrogen (secondary N) is 1. The number of aryl methyl sites for hydroxylation is 1. The van der Waals surface area contributed by atoms with Gasteiger partial charge in [0.2, 0.25) is 0 Å². The zero-order chi connectivity index (χ0) is 17.1. The molecule has 1 aromatic carbocycles. The van der Waals surface area contributed by atoms with Gasteiger partial charge in [-0.25, -0.2) is 9.37 Å². The maximum Gasteiger partial charge on any atom is 0.270 e. The summed E-state index contributed by atoms with van der Waals surface area (Å²) < 4.78 is 18.9. The van der Waals surface area contributed by atoms with Gasteiger partial charge in [0.05, 0.1) is 24.9 Å². The van der Waals surface area contributed by atoms with Gasteiger partial charge < -0.3 is 10.1 Å². The van der Waals surface area contributed by atoms with Crippen molar-refractivity contribution in [3.05, 3.63) is 65.4 Å². The number of amides is 1. The number of pyridine rings is 2. The quantitative estimate of drug-likeness (QED) is 0.801. The first-order valence-electron chi connectivity index (χ1n) is 7.41. The Hall–Kier alpha value is -3.02. The van der Waals surface area contributed by atoms with Crippen LogP contribution in [0.1, 0.15) is 21.7 Å². The highest BCUT2D eigenvalue weighted by Crippen LogP contribution is 2.28. The van der Waals surface area contributed by atoms with Crippen LogP contribution < -0.4 is 10.1 Å². The first kappa shape index (κ1) is 15.9. The number of rotatable bonds is 4. The number of hydrogen-bond donors (Lipinski definition) is 1. The van der Waals surface area contributed by atoms with E-state index in [2.05, 4.69) is 15.3 Å². The molecule has 0 bridgehead atoms. The largest absolute Gasteiger partial charge is 0.496 e. The number of hydrogen-bond acceptors (Lipinski definition) is 4. The lowest BCUT2D eigenvalue weighted by atomic mass is 10.1. The van der Waals surface area contributed by atoms with Gasteiger partial charge in [0.25, 0.3) is 5.91 Å². The Morgan fingerprint density at radius 3 is 2.83 bits per heavy atom. The monoisotopic (exact) mass is 325 g/mol.